The van der Waals surface area contributed by atoms with Crippen molar-refractivity contribution in [1.82, 2.24) is 15.5 Å². The highest BCUT2D eigenvalue weighted by Gasteiger charge is 2.26. The van der Waals surface area contributed by atoms with Crippen LogP contribution in [0.4, 0.5) is 4.79 Å². The van der Waals surface area contributed by atoms with E-state index in [0.29, 0.717) is 32.3 Å². The number of amides is 1. The fraction of sp³-hybridized carbons (Fsp3) is 0.882. The number of piperidine rings is 1. The van der Waals surface area contributed by atoms with Gasteiger partial charge in [-0.25, -0.2) is 4.79 Å². The molecule has 1 saturated heterocycles. The van der Waals surface area contributed by atoms with E-state index in [1.54, 1.807) is 4.90 Å². The second kappa shape index (κ2) is 11.8. The van der Waals surface area contributed by atoms with E-state index in [-0.39, 0.29) is 42.1 Å². The molecule has 1 heterocycles. The highest BCUT2D eigenvalue weighted by Crippen LogP contribution is 2.25. The van der Waals surface area contributed by atoms with Crippen LogP contribution >= 0.6 is 24.0 Å². The normalized spacial score (nSPS) is 24.6. The Kier molecular flexibility index (Phi) is 10.5. The summed E-state index contributed by atoms with van der Waals surface area (Å²) in [5.41, 5.74) is 0. The first-order chi connectivity index (χ1) is 11.6. The van der Waals surface area contributed by atoms with Crippen LogP contribution in [-0.4, -0.2) is 67.0 Å². The maximum Gasteiger partial charge on any atom is 0.409 e. The second-order valence-electron chi connectivity index (χ2n) is 6.58. The Balaban J connectivity index is 0.00000312. The van der Waals surface area contributed by atoms with E-state index < -0.39 is 0 Å². The van der Waals surface area contributed by atoms with Gasteiger partial charge in [0.05, 0.1) is 12.7 Å². The Hall–Kier alpha value is -0.770. The summed E-state index contributed by atoms with van der Waals surface area (Å²) in [5, 5.41) is 16.7. The zero-order valence-corrected chi connectivity index (χ0v) is 17.7. The molecule has 25 heavy (non-hydrogen) atoms. The van der Waals surface area contributed by atoms with E-state index in [1.807, 2.05) is 13.8 Å². The zero-order valence-electron chi connectivity index (χ0n) is 15.4. The van der Waals surface area contributed by atoms with Crippen molar-refractivity contribution in [3.63, 3.8) is 0 Å². The van der Waals surface area contributed by atoms with Crippen LogP contribution in [-0.2, 0) is 4.74 Å². The zero-order chi connectivity index (χ0) is 17.4. The van der Waals surface area contributed by atoms with Crippen molar-refractivity contribution in [2.45, 2.75) is 58.1 Å². The molecule has 8 heteroatoms. The molecular formula is C17H33IN4O3. The lowest BCUT2D eigenvalue weighted by atomic mass is 10.1. The number of aliphatic imine (C=N–C) groups is 1. The van der Waals surface area contributed by atoms with Gasteiger partial charge < -0.3 is 25.4 Å². The average Bonchev–Trinajstić information content (AvgIpc) is 2.99. The molecule has 0 spiro atoms. The second-order valence-corrected chi connectivity index (χ2v) is 6.58. The number of hydrogen-bond acceptors (Lipinski definition) is 4. The van der Waals surface area contributed by atoms with Crippen LogP contribution in [0.25, 0.3) is 0 Å². The van der Waals surface area contributed by atoms with Gasteiger partial charge in [-0.1, -0.05) is 6.42 Å². The molecule has 1 aliphatic carbocycles. The number of guanidine groups is 1. The Morgan fingerprint density at radius 3 is 2.52 bits per heavy atom. The molecule has 0 bridgehead atoms. The summed E-state index contributed by atoms with van der Waals surface area (Å²) >= 11 is 0. The van der Waals surface area contributed by atoms with Gasteiger partial charge in [-0.2, -0.15) is 0 Å². The molecule has 0 radical (unpaired) electrons. The number of nitrogens with zero attached hydrogens (tertiary/aromatic N) is 2. The maximum absolute atomic E-state index is 11.7. The number of aliphatic hydroxyl groups is 1. The molecule has 146 valence electrons. The lowest BCUT2D eigenvalue weighted by molar-refractivity contribution is 0.0963. The van der Waals surface area contributed by atoms with Crippen molar-refractivity contribution < 1.29 is 14.6 Å². The quantitative estimate of drug-likeness (QED) is 0.326. The molecule has 3 N–H and O–H groups in total. The minimum absolute atomic E-state index is 0. The molecule has 2 fully saturated rings. The molecule has 0 aromatic heterocycles. The minimum atomic E-state index is -0.216. The molecule has 1 aliphatic heterocycles. The summed E-state index contributed by atoms with van der Waals surface area (Å²) in [6, 6.07) is 0.307. The smallest absolute Gasteiger partial charge is 0.409 e. The summed E-state index contributed by atoms with van der Waals surface area (Å²) in [4.78, 5) is 18.2. The number of likely N-dealkylation sites (tertiary alicyclic amines) is 1. The van der Waals surface area contributed by atoms with E-state index in [1.165, 1.54) is 0 Å². The van der Waals surface area contributed by atoms with Gasteiger partial charge in [0.2, 0.25) is 0 Å². The van der Waals surface area contributed by atoms with Crippen molar-refractivity contribution in [2.75, 3.05) is 32.8 Å². The standard InChI is InChI=1S/C17H32N4O3.HI/c1-3-18-16(19-12-13-6-5-7-15(13)22)20-14-8-10-21(11-9-14)17(23)24-4-2;/h13-15,22H,3-12H2,1-2H3,(H2,18,19,20);1H. The monoisotopic (exact) mass is 468 g/mol. The van der Waals surface area contributed by atoms with Crippen LogP contribution < -0.4 is 10.6 Å². The number of halogens is 1. The molecule has 1 amide bonds. The third-order valence-electron chi connectivity index (χ3n) is 4.81. The number of nitrogens with one attached hydrogen (secondary N) is 2. The number of rotatable bonds is 5. The first kappa shape index (κ1) is 22.3. The Morgan fingerprint density at radius 1 is 1.24 bits per heavy atom. The average molecular weight is 468 g/mol. The van der Waals surface area contributed by atoms with E-state index in [4.69, 9.17) is 4.74 Å². The summed E-state index contributed by atoms with van der Waals surface area (Å²) in [6.45, 7) is 7.17. The maximum atomic E-state index is 11.7. The SMILES string of the molecule is CCNC(=NCC1CCCC1O)NC1CCN(C(=O)OCC)CC1.I. The molecule has 2 aliphatic rings. The van der Waals surface area contributed by atoms with Gasteiger partial charge in [-0.3, -0.25) is 4.99 Å². The van der Waals surface area contributed by atoms with E-state index in [0.717, 1.165) is 44.6 Å². The fourth-order valence-corrected chi connectivity index (χ4v) is 3.37. The van der Waals surface area contributed by atoms with Crippen LogP contribution in [0.1, 0.15) is 46.0 Å². The summed E-state index contributed by atoms with van der Waals surface area (Å²) in [5.74, 6) is 1.09. The molecule has 2 rings (SSSR count). The fourth-order valence-electron chi connectivity index (χ4n) is 3.37. The third kappa shape index (κ3) is 7.16. The van der Waals surface area contributed by atoms with Crippen molar-refractivity contribution in [2.24, 2.45) is 10.9 Å². The summed E-state index contributed by atoms with van der Waals surface area (Å²) < 4.78 is 5.05. The van der Waals surface area contributed by atoms with Crippen LogP contribution in [0.15, 0.2) is 4.99 Å². The van der Waals surface area contributed by atoms with Crippen LogP contribution in [0.5, 0.6) is 0 Å². The number of hydrogen-bond donors (Lipinski definition) is 3. The Morgan fingerprint density at radius 2 is 1.96 bits per heavy atom. The van der Waals surface area contributed by atoms with Gasteiger partial charge >= 0.3 is 6.09 Å². The lowest BCUT2D eigenvalue weighted by Crippen LogP contribution is -2.50. The molecule has 1 saturated carbocycles. The van der Waals surface area contributed by atoms with Crippen LogP contribution in [0.3, 0.4) is 0 Å². The number of ether oxygens (including phenoxy) is 1. The van der Waals surface area contributed by atoms with Gasteiger partial charge in [0.1, 0.15) is 0 Å². The number of carbonyl (C=O) groups excluding carboxylic acids is 1. The first-order valence-corrected chi connectivity index (χ1v) is 9.28. The van der Waals surface area contributed by atoms with E-state index >= 15 is 0 Å². The van der Waals surface area contributed by atoms with Crippen molar-refractivity contribution >= 4 is 36.0 Å². The topological polar surface area (TPSA) is 86.2 Å². The van der Waals surface area contributed by atoms with Crippen LogP contribution in [0.2, 0.25) is 0 Å². The molecular weight excluding hydrogens is 435 g/mol. The molecule has 7 nitrogen and oxygen atoms in total. The van der Waals surface area contributed by atoms with Crippen molar-refractivity contribution in [1.29, 1.82) is 0 Å². The Labute approximate surface area is 168 Å². The number of aliphatic hydroxyl groups excluding tert-OH is 1. The van der Waals surface area contributed by atoms with Gasteiger partial charge in [0, 0.05) is 38.1 Å². The van der Waals surface area contributed by atoms with Crippen molar-refractivity contribution in [3.05, 3.63) is 0 Å². The minimum Gasteiger partial charge on any atom is -0.450 e. The highest BCUT2D eigenvalue weighted by atomic mass is 127. The van der Waals surface area contributed by atoms with Crippen LogP contribution in [0, 0.1) is 5.92 Å². The number of carbonyl (C=O) groups is 1. The molecule has 0 aromatic carbocycles. The van der Waals surface area contributed by atoms with Gasteiger partial charge in [0.15, 0.2) is 5.96 Å². The highest BCUT2D eigenvalue weighted by molar-refractivity contribution is 14.0. The predicted octanol–water partition coefficient (Wildman–Crippen LogP) is 1.94. The van der Waals surface area contributed by atoms with Gasteiger partial charge in [0.25, 0.3) is 0 Å². The van der Waals surface area contributed by atoms with E-state index in [9.17, 15) is 9.90 Å². The first-order valence-electron chi connectivity index (χ1n) is 9.28. The largest absolute Gasteiger partial charge is 0.450 e. The summed E-state index contributed by atoms with van der Waals surface area (Å²) in [6.07, 6.45) is 4.40. The predicted molar refractivity (Wildman–Crippen MR) is 109 cm³/mol. The van der Waals surface area contributed by atoms with E-state index in [2.05, 4.69) is 15.6 Å². The van der Waals surface area contributed by atoms with Gasteiger partial charge in [-0.05, 0) is 39.5 Å². The molecule has 2 atom stereocenters. The van der Waals surface area contributed by atoms with Gasteiger partial charge in [-0.15, -0.1) is 24.0 Å². The lowest BCUT2D eigenvalue weighted by Gasteiger charge is -2.32. The van der Waals surface area contributed by atoms with Crippen molar-refractivity contribution in [3.8, 4) is 0 Å². The summed E-state index contributed by atoms with van der Waals surface area (Å²) in [7, 11) is 0. The molecule has 2 unspecified atom stereocenters. The molecule has 0 aromatic rings. The third-order valence-corrected chi connectivity index (χ3v) is 4.81. The Bertz CT molecular complexity index is 428.